The van der Waals surface area contributed by atoms with Crippen LogP contribution < -0.4 is 9.47 Å². The Morgan fingerprint density at radius 1 is 1.05 bits per heavy atom. The van der Waals surface area contributed by atoms with Crippen molar-refractivity contribution in [1.82, 2.24) is 0 Å². The number of ether oxygens (including phenoxy) is 4. The second kappa shape index (κ2) is 10.0. The van der Waals surface area contributed by atoms with Gasteiger partial charge < -0.3 is 24.1 Å². The minimum Gasteiger partial charge on any atom is -0.481 e. The van der Waals surface area contributed by atoms with Gasteiger partial charge in [0.15, 0.2) is 25.1 Å². The molecular weight excluding hydrogens is 276 g/mol. The summed E-state index contributed by atoms with van der Waals surface area (Å²) in [4.78, 5) is 10.5. The Kier molecular flexibility index (Phi) is 8.23. The monoisotopic (exact) mass is 298 g/mol. The van der Waals surface area contributed by atoms with Crippen LogP contribution in [0.2, 0.25) is 0 Å². The van der Waals surface area contributed by atoms with E-state index in [1.807, 2.05) is 18.2 Å². The van der Waals surface area contributed by atoms with Gasteiger partial charge in [-0.15, -0.1) is 0 Å². The largest absolute Gasteiger partial charge is 0.481 e. The predicted molar refractivity (Wildman–Crippen MR) is 76.6 cm³/mol. The molecule has 6 nitrogen and oxygen atoms in total. The summed E-state index contributed by atoms with van der Waals surface area (Å²) >= 11 is 0. The molecule has 0 aliphatic carbocycles. The van der Waals surface area contributed by atoms with Crippen LogP contribution in [0.15, 0.2) is 18.2 Å². The number of benzene rings is 1. The number of hydrogen-bond acceptors (Lipinski definition) is 5. The molecule has 0 unspecified atom stereocenters. The molecule has 1 rings (SSSR count). The molecule has 0 aliphatic rings. The van der Waals surface area contributed by atoms with Crippen molar-refractivity contribution in [2.24, 2.45) is 0 Å². The SMILES string of the molecule is COCOc1ccc(CCCCC(=O)O)cc1OCOC. The number of hydrogen-bond donors (Lipinski definition) is 1. The Morgan fingerprint density at radius 2 is 1.71 bits per heavy atom. The Bertz CT molecular complexity index is 432. The second-order valence-corrected chi connectivity index (χ2v) is 4.48. The van der Waals surface area contributed by atoms with E-state index in [1.165, 1.54) is 0 Å². The van der Waals surface area contributed by atoms with Gasteiger partial charge in [0.05, 0.1) is 0 Å². The number of aryl methyl sites for hydroxylation is 1. The fraction of sp³-hybridized carbons (Fsp3) is 0.533. The van der Waals surface area contributed by atoms with Crippen LogP contribution in [0.4, 0.5) is 0 Å². The van der Waals surface area contributed by atoms with Gasteiger partial charge in [-0.25, -0.2) is 0 Å². The van der Waals surface area contributed by atoms with Crippen LogP contribution in [-0.2, 0) is 20.7 Å². The van der Waals surface area contributed by atoms with Gasteiger partial charge in [0.2, 0.25) is 0 Å². The topological polar surface area (TPSA) is 74.2 Å². The van der Waals surface area contributed by atoms with Crippen molar-refractivity contribution in [1.29, 1.82) is 0 Å². The Hall–Kier alpha value is -1.79. The van der Waals surface area contributed by atoms with Gasteiger partial charge in [0, 0.05) is 20.6 Å². The van der Waals surface area contributed by atoms with E-state index in [2.05, 4.69) is 0 Å². The fourth-order valence-corrected chi connectivity index (χ4v) is 1.79. The van der Waals surface area contributed by atoms with Gasteiger partial charge in [-0.1, -0.05) is 6.07 Å². The molecule has 0 amide bonds. The highest BCUT2D eigenvalue weighted by molar-refractivity contribution is 5.66. The molecule has 118 valence electrons. The fourth-order valence-electron chi connectivity index (χ4n) is 1.79. The lowest BCUT2D eigenvalue weighted by molar-refractivity contribution is -0.137. The summed E-state index contributed by atoms with van der Waals surface area (Å²) in [7, 11) is 3.10. The van der Waals surface area contributed by atoms with E-state index in [1.54, 1.807) is 14.2 Å². The van der Waals surface area contributed by atoms with Crippen molar-refractivity contribution in [3.8, 4) is 11.5 Å². The minimum atomic E-state index is -0.762. The van der Waals surface area contributed by atoms with Crippen LogP contribution in [0.5, 0.6) is 11.5 Å². The summed E-state index contributed by atoms with van der Waals surface area (Å²) in [6.45, 7) is 0.271. The molecular formula is C15H22O6. The average Bonchev–Trinajstić information content (AvgIpc) is 2.48. The van der Waals surface area contributed by atoms with Crippen LogP contribution in [0.1, 0.15) is 24.8 Å². The Morgan fingerprint density at radius 3 is 2.33 bits per heavy atom. The van der Waals surface area contributed by atoms with Gasteiger partial charge in [-0.2, -0.15) is 0 Å². The number of aliphatic carboxylic acids is 1. The first-order valence-electron chi connectivity index (χ1n) is 6.75. The summed E-state index contributed by atoms with van der Waals surface area (Å²) < 4.78 is 20.7. The van der Waals surface area contributed by atoms with Gasteiger partial charge in [0.25, 0.3) is 0 Å². The van der Waals surface area contributed by atoms with Crippen molar-refractivity contribution >= 4 is 5.97 Å². The number of carboxylic acid groups (broad SMARTS) is 1. The van der Waals surface area contributed by atoms with Gasteiger partial charge in [-0.3, -0.25) is 4.79 Å². The summed E-state index contributed by atoms with van der Waals surface area (Å²) in [6.07, 6.45) is 2.46. The number of carbonyl (C=O) groups is 1. The molecule has 21 heavy (non-hydrogen) atoms. The second-order valence-electron chi connectivity index (χ2n) is 4.48. The maximum Gasteiger partial charge on any atom is 0.303 e. The standard InChI is InChI=1S/C15H22O6/c1-18-10-20-13-8-7-12(5-3-4-6-15(16)17)9-14(13)21-11-19-2/h7-9H,3-6,10-11H2,1-2H3,(H,16,17). The lowest BCUT2D eigenvalue weighted by Gasteiger charge is -2.13. The highest BCUT2D eigenvalue weighted by atomic mass is 16.7. The van der Waals surface area contributed by atoms with Gasteiger partial charge >= 0.3 is 5.97 Å². The van der Waals surface area contributed by atoms with Crippen molar-refractivity contribution in [3.05, 3.63) is 23.8 Å². The van der Waals surface area contributed by atoms with Crippen LogP contribution in [0.25, 0.3) is 0 Å². The number of carboxylic acids is 1. The van der Waals surface area contributed by atoms with E-state index in [4.69, 9.17) is 24.1 Å². The minimum absolute atomic E-state index is 0.131. The zero-order valence-electron chi connectivity index (χ0n) is 12.5. The van der Waals surface area contributed by atoms with Gasteiger partial charge in [0.1, 0.15) is 0 Å². The lowest BCUT2D eigenvalue weighted by Crippen LogP contribution is -2.05. The van der Waals surface area contributed by atoms with Gasteiger partial charge in [-0.05, 0) is 37.0 Å². The number of unbranched alkanes of at least 4 members (excludes halogenated alkanes) is 1. The number of rotatable bonds is 11. The molecule has 0 aliphatic heterocycles. The molecule has 0 heterocycles. The summed E-state index contributed by atoms with van der Waals surface area (Å²) in [5.41, 5.74) is 1.07. The number of methoxy groups -OCH3 is 2. The van der Waals surface area contributed by atoms with E-state index in [0.29, 0.717) is 17.9 Å². The third-order valence-electron chi connectivity index (χ3n) is 2.78. The van der Waals surface area contributed by atoms with Crippen molar-refractivity contribution < 1.29 is 28.8 Å². The van der Waals surface area contributed by atoms with Crippen molar-refractivity contribution in [2.45, 2.75) is 25.7 Å². The van der Waals surface area contributed by atoms with E-state index in [-0.39, 0.29) is 20.0 Å². The first kappa shape index (κ1) is 17.3. The van der Waals surface area contributed by atoms with Crippen LogP contribution in [0, 0.1) is 0 Å². The highest BCUT2D eigenvalue weighted by Gasteiger charge is 2.07. The lowest BCUT2D eigenvalue weighted by atomic mass is 10.1. The quantitative estimate of drug-likeness (QED) is 0.499. The molecule has 0 bridgehead atoms. The third kappa shape index (κ3) is 6.97. The molecule has 1 aromatic rings. The normalized spacial score (nSPS) is 10.4. The first-order chi connectivity index (χ1) is 10.2. The molecule has 6 heteroatoms. The summed E-state index contributed by atoms with van der Waals surface area (Å²) in [5, 5.41) is 8.61. The zero-order chi connectivity index (χ0) is 15.5. The third-order valence-corrected chi connectivity index (χ3v) is 2.78. The molecule has 0 spiro atoms. The van der Waals surface area contributed by atoms with Crippen LogP contribution in [-0.4, -0.2) is 38.9 Å². The van der Waals surface area contributed by atoms with Crippen molar-refractivity contribution in [3.63, 3.8) is 0 Å². The maximum atomic E-state index is 10.5. The van der Waals surface area contributed by atoms with Crippen LogP contribution in [0.3, 0.4) is 0 Å². The molecule has 0 radical (unpaired) electrons. The molecule has 0 fully saturated rings. The van der Waals surface area contributed by atoms with Crippen molar-refractivity contribution in [2.75, 3.05) is 27.8 Å². The molecule has 0 aromatic heterocycles. The smallest absolute Gasteiger partial charge is 0.303 e. The molecule has 0 saturated carbocycles. The Balaban J connectivity index is 2.61. The summed E-state index contributed by atoms with van der Waals surface area (Å²) in [6, 6.07) is 5.63. The average molecular weight is 298 g/mol. The predicted octanol–water partition coefficient (Wildman–Crippen LogP) is 2.45. The van der Waals surface area contributed by atoms with E-state index in [9.17, 15) is 4.79 Å². The van der Waals surface area contributed by atoms with E-state index < -0.39 is 5.97 Å². The van der Waals surface area contributed by atoms with Crippen LogP contribution >= 0.6 is 0 Å². The maximum absolute atomic E-state index is 10.5. The first-order valence-corrected chi connectivity index (χ1v) is 6.75. The molecule has 0 atom stereocenters. The van der Waals surface area contributed by atoms with E-state index in [0.717, 1.165) is 18.4 Å². The zero-order valence-corrected chi connectivity index (χ0v) is 12.5. The molecule has 1 N–H and O–H groups in total. The summed E-state index contributed by atoms with van der Waals surface area (Å²) in [5.74, 6) is 0.412. The van der Waals surface area contributed by atoms with E-state index >= 15 is 0 Å². The highest BCUT2D eigenvalue weighted by Crippen LogP contribution is 2.29. The molecule has 0 saturated heterocycles. The molecule has 1 aromatic carbocycles. The Labute approximate surface area is 124 Å².